The Kier molecular flexibility index (Phi) is 24.2. The summed E-state index contributed by atoms with van der Waals surface area (Å²) < 4.78 is 0. The standard InChI is InChI=1S/C44H65N9O10S/c1-26(2)19-32(52-44(63)35(22-30-15-11-8-12-16-30)53-42(61)31(17-18-64-6)50-39(58)28(5)48-36(54)23-45)40(59)46-24-37(55)49-34(21-29-13-9-7-10-14-29)43(62)51-33(20-27(3)4)41(60)47-25-38(56)57/h7-16,26-28,31-35H,17-25,45H2,1-6H3,(H,46,59)(H,47,60)(H,48,54)(H,49,55)(H,50,58)(H,51,62)(H,52,63)(H,53,61)(H,56,57)/t28-,31-,32-,33-,34-,35-/m0/s1. The number of carboxylic acids is 1. The van der Waals surface area contributed by atoms with Crippen LogP contribution >= 0.6 is 11.8 Å². The minimum atomic E-state index is -1.26. The number of nitrogens with one attached hydrogen (secondary N) is 8. The first-order chi connectivity index (χ1) is 30.3. The number of benzene rings is 2. The summed E-state index contributed by atoms with van der Waals surface area (Å²) >= 11 is 1.44. The average Bonchev–Trinajstić information content (AvgIpc) is 3.25. The molecule has 0 saturated heterocycles. The van der Waals surface area contributed by atoms with Gasteiger partial charge in [-0.3, -0.25) is 43.2 Å². The first-order valence-corrected chi connectivity index (χ1v) is 22.6. The second kappa shape index (κ2) is 28.6. The first-order valence-electron chi connectivity index (χ1n) is 21.2. The molecule has 19 nitrogen and oxygen atoms in total. The van der Waals surface area contributed by atoms with E-state index in [1.807, 2.05) is 34.0 Å². The molecular weight excluding hydrogens is 847 g/mol. The van der Waals surface area contributed by atoms with Crippen LogP contribution in [0.2, 0.25) is 0 Å². The molecule has 64 heavy (non-hydrogen) atoms. The van der Waals surface area contributed by atoms with Crippen LogP contribution in [0.15, 0.2) is 60.7 Å². The lowest BCUT2D eigenvalue weighted by atomic mass is 10.0. The highest BCUT2D eigenvalue weighted by Gasteiger charge is 2.32. The molecule has 0 aliphatic heterocycles. The summed E-state index contributed by atoms with van der Waals surface area (Å²) in [5.74, 6) is -6.40. The zero-order valence-electron chi connectivity index (χ0n) is 37.4. The molecule has 2 aromatic rings. The van der Waals surface area contributed by atoms with Gasteiger partial charge < -0.3 is 53.4 Å². The predicted octanol–water partition coefficient (Wildman–Crippen LogP) is -0.478. The van der Waals surface area contributed by atoms with E-state index in [4.69, 9.17) is 10.8 Å². The molecule has 2 aromatic carbocycles. The lowest BCUT2D eigenvalue weighted by molar-refractivity contribution is -0.138. The van der Waals surface area contributed by atoms with E-state index in [1.165, 1.54) is 18.7 Å². The molecule has 0 bridgehead atoms. The number of carbonyl (C=O) groups excluding carboxylic acids is 8. The molecule has 0 aromatic heterocycles. The fourth-order valence-electron chi connectivity index (χ4n) is 6.33. The van der Waals surface area contributed by atoms with Crippen molar-refractivity contribution in [2.45, 2.75) is 103 Å². The molecule has 6 atom stereocenters. The summed E-state index contributed by atoms with van der Waals surface area (Å²) in [7, 11) is 0. The van der Waals surface area contributed by atoms with Crippen LogP contribution in [0, 0.1) is 11.8 Å². The molecule has 20 heteroatoms. The lowest BCUT2D eigenvalue weighted by Gasteiger charge is -2.27. The van der Waals surface area contributed by atoms with Crippen molar-refractivity contribution in [3.63, 3.8) is 0 Å². The van der Waals surface area contributed by atoms with E-state index < -0.39 is 103 Å². The van der Waals surface area contributed by atoms with Gasteiger partial charge in [-0.25, -0.2) is 0 Å². The highest BCUT2D eigenvalue weighted by Crippen LogP contribution is 2.11. The molecule has 2 rings (SSSR count). The van der Waals surface area contributed by atoms with Gasteiger partial charge in [0.25, 0.3) is 0 Å². The molecule has 0 heterocycles. The first kappa shape index (κ1) is 54.1. The molecule has 8 amide bonds. The van der Waals surface area contributed by atoms with Crippen LogP contribution in [0.25, 0.3) is 0 Å². The number of nitrogens with two attached hydrogens (primary N) is 1. The van der Waals surface area contributed by atoms with Gasteiger partial charge in [-0.15, -0.1) is 0 Å². The molecule has 0 radical (unpaired) electrons. The summed E-state index contributed by atoms with van der Waals surface area (Å²) in [4.78, 5) is 117. The molecule has 0 spiro atoms. The third kappa shape index (κ3) is 20.9. The maximum absolute atomic E-state index is 14.1. The van der Waals surface area contributed by atoms with E-state index in [1.54, 1.807) is 60.7 Å². The lowest BCUT2D eigenvalue weighted by Crippen LogP contribution is -2.59. The second-order valence-electron chi connectivity index (χ2n) is 16.1. The van der Waals surface area contributed by atoms with Gasteiger partial charge in [0.05, 0.1) is 13.1 Å². The summed E-state index contributed by atoms with van der Waals surface area (Å²) in [5, 5.41) is 29.7. The van der Waals surface area contributed by atoms with Crippen molar-refractivity contribution >= 4 is 65.0 Å². The van der Waals surface area contributed by atoms with E-state index in [0.717, 1.165) is 0 Å². The van der Waals surface area contributed by atoms with Crippen LogP contribution in [0.4, 0.5) is 0 Å². The quantitative estimate of drug-likeness (QED) is 0.0518. The second-order valence-corrected chi connectivity index (χ2v) is 17.1. The van der Waals surface area contributed by atoms with E-state index >= 15 is 0 Å². The zero-order chi connectivity index (χ0) is 47.8. The maximum atomic E-state index is 14.1. The van der Waals surface area contributed by atoms with Crippen molar-refractivity contribution in [2.24, 2.45) is 17.6 Å². The third-order valence-electron chi connectivity index (χ3n) is 9.57. The van der Waals surface area contributed by atoms with Crippen LogP contribution in [0.3, 0.4) is 0 Å². The largest absolute Gasteiger partial charge is 0.480 e. The smallest absolute Gasteiger partial charge is 0.322 e. The molecule has 0 saturated carbocycles. The normalized spacial score (nSPS) is 13.8. The van der Waals surface area contributed by atoms with E-state index in [9.17, 15) is 43.2 Å². The van der Waals surface area contributed by atoms with Crippen LogP contribution in [0.5, 0.6) is 0 Å². The van der Waals surface area contributed by atoms with Crippen molar-refractivity contribution in [3.05, 3.63) is 71.8 Å². The van der Waals surface area contributed by atoms with Crippen molar-refractivity contribution < 1.29 is 48.3 Å². The van der Waals surface area contributed by atoms with Crippen LogP contribution in [-0.2, 0) is 56.0 Å². The highest BCUT2D eigenvalue weighted by molar-refractivity contribution is 7.98. The number of carbonyl (C=O) groups is 9. The molecule has 11 N–H and O–H groups in total. The van der Waals surface area contributed by atoms with E-state index in [2.05, 4.69) is 42.5 Å². The third-order valence-corrected chi connectivity index (χ3v) is 10.2. The van der Waals surface area contributed by atoms with Crippen LogP contribution in [-0.4, -0.2) is 126 Å². The Morgan fingerprint density at radius 1 is 0.531 bits per heavy atom. The van der Waals surface area contributed by atoms with Crippen molar-refractivity contribution in [1.29, 1.82) is 0 Å². The highest BCUT2D eigenvalue weighted by atomic mass is 32.2. The SMILES string of the molecule is CSCC[C@H](NC(=O)[C@H](C)NC(=O)CN)C(=O)N[C@@H](Cc1ccccc1)C(=O)N[C@@H](CC(C)C)C(=O)NCC(=O)N[C@@H](Cc1ccccc1)C(=O)N[C@@H](CC(C)C)C(=O)NCC(=O)O. The Morgan fingerprint density at radius 2 is 0.953 bits per heavy atom. The number of aliphatic carboxylic acids is 1. The molecule has 0 aliphatic rings. The minimum absolute atomic E-state index is 0.0176. The zero-order valence-corrected chi connectivity index (χ0v) is 38.2. The summed E-state index contributed by atoms with van der Waals surface area (Å²) in [6.07, 6.45) is 2.39. The number of rotatable bonds is 28. The topological polar surface area (TPSA) is 296 Å². The van der Waals surface area contributed by atoms with Gasteiger partial charge in [0.15, 0.2) is 0 Å². The van der Waals surface area contributed by atoms with Gasteiger partial charge in [0.2, 0.25) is 47.3 Å². The fraction of sp³-hybridized carbons (Fsp3) is 0.523. The predicted molar refractivity (Wildman–Crippen MR) is 242 cm³/mol. The Hall–Kier alpha value is -6.02. The Morgan fingerprint density at radius 3 is 1.39 bits per heavy atom. The number of carboxylic acid groups (broad SMARTS) is 1. The number of hydrogen-bond donors (Lipinski definition) is 10. The fourth-order valence-corrected chi connectivity index (χ4v) is 6.80. The summed E-state index contributed by atoms with van der Waals surface area (Å²) in [6, 6.07) is 10.9. The monoisotopic (exact) mass is 911 g/mol. The molecule has 0 unspecified atom stereocenters. The minimum Gasteiger partial charge on any atom is -0.480 e. The van der Waals surface area contributed by atoms with Gasteiger partial charge in [-0.2, -0.15) is 11.8 Å². The summed E-state index contributed by atoms with van der Waals surface area (Å²) in [6.45, 7) is 7.19. The van der Waals surface area contributed by atoms with Gasteiger partial charge in [-0.1, -0.05) is 88.4 Å². The van der Waals surface area contributed by atoms with E-state index in [-0.39, 0.29) is 50.5 Å². The van der Waals surface area contributed by atoms with Crippen molar-refractivity contribution in [1.82, 2.24) is 42.5 Å². The molecule has 0 fully saturated rings. The van der Waals surface area contributed by atoms with E-state index in [0.29, 0.717) is 16.9 Å². The van der Waals surface area contributed by atoms with Crippen molar-refractivity contribution in [2.75, 3.05) is 31.6 Å². The van der Waals surface area contributed by atoms with Gasteiger partial charge in [-0.05, 0) is 61.2 Å². The maximum Gasteiger partial charge on any atom is 0.322 e. The molecular formula is C44H65N9O10S. The van der Waals surface area contributed by atoms with Crippen molar-refractivity contribution in [3.8, 4) is 0 Å². The number of thioether (sulfide) groups is 1. The Labute approximate surface area is 378 Å². The summed E-state index contributed by atoms with van der Waals surface area (Å²) in [5.41, 5.74) is 6.74. The van der Waals surface area contributed by atoms with Gasteiger partial charge in [0.1, 0.15) is 42.8 Å². The molecule has 352 valence electrons. The molecule has 0 aliphatic carbocycles. The number of hydrogen-bond acceptors (Lipinski definition) is 11. The van der Waals surface area contributed by atoms with Gasteiger partial charge in [0, 0.05) is 12.8 Å². The number of amides is 8. The average molecular weight is 912 g/mol. The Bertz CT molecular complexity index is 1870. The Balaban J connectivity index is 2.28. The van der Waals surface area contributed by atoms with Gasteiger partial charge >= 0.3 is 5.97 Å². The van der Waals surface area contributed by atoms with Crippen LogP contribution < -0.4 is 48.3 Å². The van der Waals surface area contributed by atoms with Crippen LogP contribution in [0.1, 0.15) is 65.0 Å².